The first-order valence-electron chi connectivity index (χ1n) is 9.04. The number of thioether (sulfide) groups is 1. The Kier molecular flexibility index (Phi) is 11.6. The van der Waals surface area contributed by atoms with Crippen LogP contribution in [-0.4, -0.2) is 61.5 Å². The minimum atomic E-state index is 0. The molecule has 1 saturated heterocycles. The molecule has 1 unspecified atom stereocenters. The number of aliphatic hydroxyl groups is 1. The second kappa shape index (κ2) is 12.8. The van der Waals surface area contributed by atoms with Crippen molar-refractivity contribution in [1.82, 2.24) is 10.6 Å². The molecule has 7 heteroatoms. The Morgan fingerprint density at radius 3 is 2.54 bits per heavy atom. The summed E-state index contributed by atoms with van der Waals surface area (Å²) in [6.45, 7) is 6.07. The van der Waals surface area contributed by atoms with E-state index in [-0.39, 0.29) is 41.2 Å². The maximum absolute atomic E-state index is 9.72. The number of aliphatic hydroxyl groups excluding tert-OH is 1. The molecule has 1 aliphatic rings. The number of benzene rings is 1. The fourth-order valence-corrected chi connectivity index (χ4v) is 3.74. The molecule has 1 heterocycles. The number of aliphatic imine (C=N–C) groups is 1. The summed E-state index contributed by atoms with van der Waals surface area (Å²) in [5, 5.41) is 16.4. The lowest BCUT2D eigenvalue weighted by atomic mass is 9.99. The molecule has 1 aromatic carbocycles. The SMILES string of the molecule is CCNC(=NCC1(SC)CCOCC1)NCC(CO)c1ccccc1.I. The Morgan fingerprint density at radius 2 is 1.96 bits per heavy atom. The lowest BCUT2D eigenvalue weighted by Crippen LogP contribution is -2.42. The van der Waals surface area contributed by atoms with Crippen molar-refractivity contribution in [2.45, 2.75) is 30.4 Å². The lowest BCUT2D eigenvalue weighted by Gasteiger charge is -2.34. The third-order valence-corrected chi connectivity index (χ3v) is 6.12. The van der Waals surface area contributed by atoms with E-state index in [9.17, 15) is 5.11 Å². The molecule has 5 nitrogen and oxygen atoms in total. The van der Waals surface area contributed by atoms with Gasteiger partial charge in [-0.3, -0.25) is 4.99 Å². The van der Waals surface area contributed by atoms with Crippen LogP contribution in [0.25, 0.3) is 0 Å². The molecule has 0 aromatic heterocycles. The van der Waals surface area contributed by atoms with Gasteiger partial charge in [-0.05, 0) is 31.6 Å². The van der Waals surface area contributed by atoms with Crippen molar-refractivity contribution in [3.05, 3.63) is 35.9 Å². The summed E-state index contributed by atoms with van der Waals surface area (Å²) in [5.41, 5.74) is 1.14. The quantitative estimate of drug-likeness (QED) is 0.295. The summed E-state index contributed by atoms with van der Waals surface area (Å²) in [7, 11) is 0. The summed E-state index contributed by atoms with van der Waals surface area (Å²) in [6.07, 6.45) is 4.25. The molecule has 26 heavy (non-hydrogen) atoms. The Bertz CT molecular complexity index is 525. The van der Waals surface area contributed by atoms with Crippen LogP contribution >= 0.6 is 35.7 Å². The molecule has 0 bridgehead atoms. The van der Waals surface area contributed by atoms with Crippen LogP contribution in [0.15, 0.2) is 35.3 Å². The van der Waals surface area contributed by atoms with Gasteiger partial charge >= 0.3 is 0 Å². The Balaban J connectivity index is 0.00000338. The van der Waals surface area contributed by atoms with Crippen LogP contribution in [0, 0.1) is 0 Å². The standard InChI is InChI=1S/C19H31N3O2S.HI/c1-3-20-18(22-15-19(25-2)9-11-24-12-10-19)21-13-17(14-23)16-7-5-4-6-8-16;/h4-8,17,23H,3,9-15H2,1-2H3,(H2,20,21,22);1H. The Labute approximate surface area is 178 Å². The number of guanidine groups is 1. The van der Waals surface area contributed by atoms with Gasteiger partial charge in [0.2, 0.25) is 0 Å². The number of hydrogen-bond acceptors (Lipinski definition) is 4. The lowest BCUT2D eigenvalue weighted by molar-refractivity contribution is 0.0794. The normalized spacial score (nSPS) is 17.9. The van der Waals surface area contributed by atoms with Crippen molar-refractivity contribution in [2.75, 3.05) is 45.7 Å². The molecule has 1 aromatic rings. The zero-order valence-electron chi connectivity index (χ0n) is 15.7. The fraction of sp³-hybridized carbons (Fsp3) is 0.632. The number of ether oxygens (including phenoxy) is 1. The third kappa shape index (κ3) is 7.25. The van der Waals surface area contributed by atoms with Gasteiger partial charge in [-0.1, -0.05) is 30.3 Å². The van der Waals surface area contributed by atoms with Gasteiger partial charge in [-0.25, -0.2) is 0 Å². The third-order valence-electron chi connectivity index (χ3n) is 4.71. The Hall–Kier alpha value is -0.510. The van der Waals surface area contributed by atoms with Gasteiger partial charge in [0.25, 0.3) is 0 Å². The molecular formula is C19H32IN3O2S. The fourth-order valence-electron chi connectivity index (χ4n) is 2.97. The monoisotopic (exact) mass is 493 g/mol. The molecule has 0 amide bonds. The van der Waals surface area contributed by atoms with E-state index in [0.717, 1.165) is 50.7 Å². The van der Waals surface area contributed by atoms with E-state index in [1.165, 1.54) is 0 Å². The molecule has 3 N–H and O–H groups in total. The summed E-state index contributed by atoms with van der Waals surface area (Å²) < 4.78 is 5.68. The van der Waals surface area contributed by atoms with Crippen LogP contribution in [-0.2, 0) is 4.74 Å². The average Bonchev–Trinajstić information content (AvgIpc) is 2.68. The van der Waals surface area contributed by atoms with E-state index in [1.54, 1.807) is 0 Å². The van der Waals surface area contributed by atoms with Crippen molar-refractivity contribution in [3.63, 3.8) is 0 Å². The topological polar surface area (TPSA) is 65.9 Å². The van der Waals surface area contributed by atoms with Crippen LogP contribution in [0.4, 0.5) is 0 Å². The second-order valence-electron chi connectivity index (χ2n) is 6.37. The van der Waals surface area contributed by atoms with Gasteiger partial charge < -0.3 is 20.5 Å². The molecule has 0 saturated carbocycles. The number of nitrogens with zero attached hydrogens (tertiary/aromatic N) is 1. The van der Waals surface area contributed by atoms with E-state index in [0.29, 0.717) is 6.54 Å². The zero-order valence-corrected chi connectivity index (χ0v) is 18.9. The molecule has 0 radical (unpaired) electrons. The predicted molar refractivity (Wildman–Crippen MR) is 122 cm³/mol. The minimum absolute atomic E-state index is 0. The first-order chi connectivity index (χ1) is 12.2. The smallest absolute Gasteiger partial charge is 0.191 e. The van der Waals surface area contributed by atoms with Crippen LogP contribution in [0.2, 0.25) is 0 Å². The molecular weight excluding hydrogens is 461 g/mol. The van der Waals surface area contributed by atoms with Gasteiger partial charge in [-0.2, -0.15) is 11.8 Å². The van der Waals surface area contributed by atoms with Crippen LogP contribution in [0.1, 0.15) is 31.2 Å². The number of nitrogens with one attached hydrogen (secondary N) is 2. The van der Waals surface area contributed by atoms with Crippen LogP contribution < -0.4 is 10.6 Å². The van der Waals surface area contributed by atoms with Gasteiger partial charge in [0.05, 0.1) is 13.2 Å². The highest BCUT2D eigenvalue weighted by Crippen LogP contribution is 2.33. The first-order valence-corrected chi connectivity index (χ1v) is 10.3. The largest absolute Gasteiger partial charge is 0.396 e. The summed E-state index contributed by atoms with van der Waals surface area (Å²) in [5.74, 6) is 0.874. The van der Waals surface area contributed by atoms with E-state index in [2.05, 4.69) is 35.9 Å². The van der Waals surface area contributed by atoms with E-state index >= 15 is 0 Å². The average molecular weight is 493 g/mol. The van der Waals surface area contributed by atoms with Gasteiger partial charge in [-0.15, -0.1) is 24.0 Å². The molecule has 1 fully saturated rings. The Morgan fingerprint density at radius 1 is 1.27 bits per heavy atom. The van der Waals surface area contributed by atoms with Crippen molar-refractivity contribution in [2.24, 2.45) is 4.99 Å². The van der Waals surface area contributed by atoms with E-state index < -0.39 is 0 Å². The summed E-state index contributed by atoms with van der Waals surface area (Å²) in [6, 6.07) is 10.1. The maximum atomic E-state index is 9.72. The second-order valence-corrected chi connectivity index (χ2v) is 7.64. The van der Waals surface area contributed by atoms with Gasteiger partial charge in [0.15, 0.2) is 5.96 Å². The molecule has 0 aliphatic carbocycles. The number of hydrogen-bond donors (Lipinski definition) is 3. The van der Waals surface area contributed by atoms with Crippen LogP contribution in [0.3, 0.4) is 0 Å². The first kappa shape index (κ1) is 23.5. The zero-order chi connectivity index (χ0) is 18.0. The van der Waals surface area contributed by atoms with Crippen LogP contribution in [0.5, 0.6) is 0 Å². The summed E-state index contributed by atoms with van der Waals surface area (Å²) in [4.78, 5) is 4.82. The highest BCUT2D eigenvalue weighted by molar-refractivity contribution is 14.0. The number of rotatable bonds is 8. The highest BCUT2D eigenvalue weighted by atomic mass is 127. The van der Waals surface area contributed by atoms with E-state index in [1.807, 2.05) is 30.0 Å². The molecule has 2 rings (SSSR count). The molecule has 1 atom stereocenters. The maximum Gasteiger partial charge on any atom is 0.191 e. The minimum Gasteiger partial charge on any atom is -0.396 e. The summed E-state index contributed by atoms with van der Waals surface area (Å²) >= 11 is 1.90. The van der Waals surface area contributed by atoms with Crippen molar-refractivity contribution in [1.29, 1.82) is 0 Å². The van der Waals surface area contributed by atoms with Crippen molar-refractivity contribution in [3.8, 4) is 0 Å². The van der Waals surface area contributed by atoms with Gasteiger partial charge in [0.1, 0.15) is 0 Å². The van der Waals surface area contributed by atoms with Crippen molar-refractivity contribution >= 4 is 41.7 Å². The van der Waals surface area contributed by atoms with Gasteiger partial charge in [0, 0.05) is 37.0 Å². The molecule has 148 valence electrons. The van der Waals surface area contributed by atoms with Crippen molar-refractivity contribution < 1.29 is 9.84 Å². The number of halogens is 1. The predicted octanol–water partition coefficient (Wildman–Crippen LogP) is 2.85. The molecule has 1 aliphatic heterocycles. The molecule has 0 spiro atoms. The van der Waals surface area contributed by atoms with E-state index in [4.69, 9.17) is 9.73 Å². The highest BCUT2D eigenvalue weighted by Gasteiger charge is 2.31.